The van der Waals surface area contributed by atoms with Gasteiger partial charge in [0.1, 0.15) is 0 Å². The normalized spacial score (nSPS) is 13.5. The molecule has 2 heterocycles. The summed E-state index contributed by atoms with van der Waals surface area (Å²) in [5, 5.41) is 7.20. The number of carbonyl (C=O) groups excluding carboxylic acids is 1. The van der Waals surface area contributed by atoms with E-state index in [4.69, 9.17) is 4.52 Å². The first-order chi connectivity index (χ1) is 12.7. The summed E-state index contributed by atoms with van der Waals surface area (Å²) in [5.74, 6) is 0.792. The third-order valence-electron chi connectivity index (χ3n) is 4.85. The van der Waals surface area contributed by atoms with E-state index in [1.807, 2.05) is 67.6 Å². The van der Waals surface area contributed by atoms with Crippen LogP contribution in [0.5, 0.6) is 0 Å². The first kappa shape index (κ1) is 16.4. The van der Waals surface area contributed by atoms with Gasteiger partial charge in [-0.15, -0.1) is 0 Å². The van der Waals surface area contributed by atoms with Gasteiger partial charge in [0.2, 0.25) is 0 Å². The number of hydrogen-bond donors (Lipinski definition) is 1. The molecule has 0 bridgehead atoms. The summed E-state index contributed by atoms with van der Waals surface area (Å²) >= 11 is 0. The van der Waals surface area contributed by atoms with Crippen molar-refractivity contribution >= 4 is 6.03 Å². The topological polar surface area (TPSA) is 58.4 Å². The Labute approximate surface area is 152 Å². The molecule has 0 fully saturated rings. The summed E-state index contributed by atoms with van der Waals surface area (Å²) in [6, 6.07) is 19.8. The molecule has 3 aromatic rings. The second-order valence-electron chi connectivity index (χ2n) is 6.55. The highest BCUT2D eigenvalue weighted by Gasteiger charge is 2.27. The lowest BCUT2D eigenvalue weighted by Crippen LogP contribution is -2.44. The molecule has 132 valence electrons. The number of amides is 2. The average Bonchev–Trinajstić information content (AvgIpc) is 3.07. The fourth-order valence-electron chi connectivity index (χ4n) is 3.42. The second kappa shape index (κ2) is 7.04. The van der Waals surface area contributed by atoms with E-state index in [0.29, 0.717) is 13.1 Å². The lowest BCUT2D eigenvalue weighted by Gasteiger charge is -2.29. The molecule has 5 nitrogen and oxygen atoms in total. The van der Waals surface area contributed by atoms with Crippen molar-refractivity contribution in [3.63, 3.8) is 0 Å². The molecule has 26 heavy (non-hydrogen) atoms. The quantitative estimate of drug-likeness (QED) is 0.783. The molecule has 4 rings (SSSR count). The molecule has 0 aliphatic carbocycles. The minimum atomic E-state index is -0.192. The van der Waals surface area contributed by atoms with E-state index in [1.165, 1.54) is 0 Å². The lowest BCUT2D eigenvalue weighted by atomic mass is 9.99. The van der Waals surface area contributed by atoms with E-state index in [9.17, 15) is 4.79 Å². The maximum Gasteiger partial charge on any atom is 0.318 e. The minimum Gasteiger partial charge on any atom is -0.359 e. The number of carbonyl (C=O) groups is 1. The Morgan fingerprint density at radius 2 is 1.69 bits per heavy atom. The van der Waals surface area contributed by atoms with Crippen LogP contribution in [0.25, 0.3) is 0 Å². The summed E-state index contributed by atoms with van der Waals surface area (Å²) < 4.78 is 5.37. The van der Waals surface area contributed by atoms with E-state index in [2.05, 4.69) is 10.5 Å². The van der Waals surface area contributed by atoms with Crippen LogP contribution in [0.15, 0.2) is 65.2 Å². The van der Waals surface area contributed by atoms with Crippen LogP contribution >= 0.6 is 0 Å². The van der Waals surface area contributed by atoms with E-state index in [0.717, 1.165) is 34.6 Å². The monoisotopic (exact) mass is 347 g/mol. The zero-order valence-electron chi connectivity index (χ0n) is 14.7. The number of urea groups is 1. The van der Waals surface area contributed by atoms with Crippen LogP contribution in [-0.2, 0) is 13.0 Å². The van der Waals surface area contributed by atoms with Crippen LogP contribution in [0.4, 0.5) is 4.79 Å². The molecule has 1 aliphatic heterocycles. The molecule has 0 spiro atoms. The standard InChI is InChI=1S/C21H21N3O2/c1-15-18-12-13-24(14-19(18)26-23-15)21(25)22-20(16-8-4-2-5-9-16)17-10-6-3-7-11-17/h2-11,20H,12-14H2,1H3,(H,22,25). The SMILES string of the molecule is Cc1noc2c1CCN(C(=O)NC(c1ccccc1)c1ccccc1)C2. The number of nitrogens with one attached hydrogen (secondary N) is 1. The molecule has 5 heteroatoms. The van der Waals surface area contributed by atoms with Crippen LogP contribution in [0.1, 0.15) is 34.2 Å². The van der Waals surface area contributed by atoms with Gasteiger partial charge in [0.05, 0.1) is 18.3 Å². The molecule has 1 aliphatic rings. The predicted octanol–water partition coefficient (Wildman–Crippen LogP) is 3.84. The van der Waals surface area contributed by atoms with Crippen molar-refractivity contribution in [1.29, 1.82) is 0 Å². The van der Waals surface area contributed by atoms with Crippen molar-refractivity contribution in [2.75, 3.05) is 6.54 Å². The molecular formula is C21H21N3O2. The van der Waals surface area contributed by atoms with Gasteiger partial charge in [0.15, 0.2) is 5.76 Å². The zero-order chi connectivity index (χ0) is 17.9. The third-order valence-corrected chi connectivity index (χ3v) is 4.85. The number of rotatable bonds is 3. The van der Waals surface area contributed by atoms with Crippen molar-refractivity contribution in [2.24, 2.45) is 0 Å². The molecule has 0 saturated carbocycles. The van der Waals surface area contributed by atoms with E-state index in [1.54, 1.807) is 4.90 Å². The Kier molecular flexibility index (Phi) is 4.44. The van der Waals surface area contributed by atoms with Crippen LogP contribution in [0.3, 0.4) is 0 Å². The molecular weight excluding hydrogens is 326 g/mol. The van der Waals surface area contributed by atoms with Gasteiger partial charge in [0, 0.05) is 12.1 Å². The highest BCUT2D eigenvalue weighted by Crippen LogP contribution is 2.25. The molecule has 1 N–H and O–H groups in total. The summed E-state index contributed by atoms with van der Waals surface area (Å²) in [6.07, 6.45) is 0.777. The number of nitrogens with zero attached hydrogens (tertiary/aromatic N) is 2. The summed E-state index contributed by atoms with van der Waals surface area (Å²) in [7, 11) is 0. The van der Waals surface area contributed by atoms with Gasteiger partial charge < -0.3 is 14.7 Å². The van der Waals surface area contributed by atoms with Crippen molar-refractivity contribution in [3.05, 3.63) is 88.8 Å². The van der Waals surface area contributed by atoms with Gasteiger partial charge in [-0.25, -0.2) is 4.79 Å². The van der Waals surface area contributed by atoms with Gasteiger partial charge >= 0.3 is 6.03 Å². The highest BCUT2D eigenvalue weighted by molar-refractivity contribution is 5.75. The smallest absolute Gasteiger partial charge is 0.318 e. The van der Waals surface area contributed by atoms with E-state index < -0.39 is 0 Å². The Hall–Kier alpha value is -3.08. The van der Waals surface area contributed by atoms with Crippen LogP contribution < -0.4 is 5.32 Å². The first-order valence-corrected chi connectivity index (χ1v) is 8.81. The van der Waals surface area contributed by atoms with Gasteiger partial charge in [-0.1, -0.05) is 65.8 Å². The highest BCUT2D eigenvalue weighted by atomic mass is 16.5. The van der Waals surface area contributed by atoms with Crippen molar-refractivity contribution in [3.8, 4) is 0 Å². The van der Waals surface area contributed by atoms with Crippen molar-refractivity contribution in [1.82, 2.24) is 15.4 Å². The maximum absolute atomic E-state index is 12.9. The number of benzene rings is 2. The molecule has 0 radical (unpaired) electrons. The molecule has 0 unspecified atom stereocenters. The van der Waals surface area contributed by atoms with Gasteiger partial charge in [-0.05, 0) is 24.5 Å². The van der Waals surface area contributed by atoms with E-state index in [-0.39, 0.29) is 12.1 Å². The van der Waals surface area contributed by atoms with Gasteiger partial charge in [0.25, 0.3) is 0 Å². The van der Waals surface area contributed by atoms with Gasteiger partial charge in [-0.2, -0.15) is 0 Å². The van der Waals surface area contributed by atoms with Crippen molar-refractivity contribution in [2.45, 2.75) is 25.9 Å². The van der Waals surface area contributed by atoms with Crippen LogP contribution in [0.2, 0.25) is 0 Å². The summed E-state index contributed by atoms with van der Waals surface area (Å²) in [6.45, 7) is 3.06. The number of hydrogen-bond acceptors (Lipinski definition) is 3. The molecule has 1 aromatic heterocycles. The lowest BCUT2D eigenvalue weighted by molar-refractivity contribution is 0.181. The third kappa shape index (κ3) is 3.20. The van der Waals surface area contributed by atoms with Crippen molar-refractivity contribution < 1.29 is 9.32 Å². The average molecular weight is 347 g/mol. The molecule has 0 saturated heterocycles. The second-order valence-corrected chi connectivity index (χ2v) is 6.55. The fraction of sp³-hybridized carbons (Fsp3) is 0.238. The van der Waals surface area contributed by atoms with Gasteiger partial charge in [-0.3, -0.25) is 0 Å². The summed E-state index contributed by atoms with van der Waals surface area (Å²) in [5.41, 5.74) is 4.17. The largest absolute Gasteiger partial charge is 0.359 e. The first-order valence-electron chi connectivity index (χ1n) is 8.81. The number of fused-ring (bicyclic) bond motifs is 1. The molecule has 2 amide bonds. The number of aryl methyl sites for hydroxylation is 1. The Bertz CT molecular complexity index is 851. The molecule has 2 aromatic carbocycles. The Balaban J connectivity index is 1.55. The Morgan fingerprint density at radius 1 is 1.08 bits per heavy atom. The minimum absolute atomic E-state index is 0.0950. The van der Waals surface area contributed by atoms with Crippen LogP contribution in [0, 0.1) is 6.92 Å². The Morgan fingerprint density at radius 3 is 2.31 bits per heavy atom. The molecule has 0 atom stereocenters. The van der Waals surface area contributed by atoms with Crippen LogP contribution in [-0.4, -0.2) is 22.6 Å². The summed E-state index contributed by atoms with van der Waals surface area (Å²) in [4.78, 5) is 14.7. The maximum atomic E-state index is 12.9. The fourth-order valence-corrected chi connectivity index (χ4v) is 3.42. The number of aromatic nitrogens is 1. The van der Waals surface area contributed by atoms with E-state index >= 15 is 0 Å². The zero-order valence-corrected chi connectivity index (χ0v) is 14.7. The predicted molar refractivity (Wildman–Crippen MR) is 98.6 cm³/mol.